The van der Waals surface area contributed by atoms with Gasteiger partial charge in [0.15, 0.2) is 5.13 Å². The molecule has 3 nitrogen and oxygen atoms in total. The molecule has 0 amide bonds. The number of hydrogen-bond acceptors (Lipinski definition) is 4. The molecule has 1 aromatic heterocycles. The Bertz CT molecular complexity index is 521. The Morgan fingerprint density at radius 3 is 2.95 bits per heavy atom. The van der Waals surface area contributed by atoms with Gasteiger partial charge in [-0.05, 0) is 31.5 Å². The molecule has 3 N–H and O–H groups in total. The molecule has 1 atom stereocenters. The smallest absolute Gasteiger partial charge is 0.183 e. The van der Waals surface area contributed by atoms with Crippen LogP contribution >= 0.6 is 11.3 Å². The van der Waals surface area contributed by atoms with Crippen LogP contribution in [0, 0.1) is 0 Å². The summed E-state index contributed by atoms with van der Waals surface area (Å²) < 4.78 is 1.15. The lowest BCUT2D eigenvalue weighted by molar-refractivity contribution is 0.594. The summed E-state index contributed by atoms with van der Waals surface area (Å²) in [6, 6.07) is 6.36. The Balaban J connectivity index is 1.89. The molecule has 1 unspecified atom stereocenters. The van der Waals surface area contributed by atoms with E-state index < -0.39 is 0 Å². The first-order valence-electron chi connectivity index (χ1n) is 7.11. The van der Waals surface area contributed by atoms with Crippen molar-refractivity contribution in [2.75, 3.05) is 11.1 Å². The van der Waals surface area contributed by atoms with Crippen LogP contribution in [0.5, 0.6) is 0 Å². The van der Waals surface area contributed by atoms with Crippen LogP contribution in [0.3, 0.4) is 0 Å². The Morgan fingerprint density at radius 2 is 2.16 bits per heavy atom. The molecule has 19 heavy (non-hydrogen) atoms. The molecule has 1 aromatic carbocycles. The van der Waals surface area contributed by atoms with Gasteiger partial charge in [0.1, 0.15) is 0 Å². The maximum atomic E-state index is 5.79. The van der Waals surface area contributed by atoms with Crippen molar-refractivity contribution in [3.8, 4) is 0 Å². The lowest BCUT2D eigenvalue weighted by atomic mass is 10.1. The molecule has 1 heterocycles. The molecule has 0 saturated carbocycles. The Labute approximate surface area is 119 Å². The Morgan fingerprint density at radius 1 is 1.32 bits per heavy atom. The van der Waals surface area contributed by atoms with E-state index in [9.17, 15) is 0 Å². The number of nitrogens with zero attached hydrogens (tertiary/aromatic N) is 1. The molecular formula is C15H23N3S. The third-order valence-electron chi connectivity index (χ3n) is 3.27. The van der Waals surface area contributed by atoms with Crippen molar-refractivity contribution in [2.24, 2.45) is 0 Å². The lowest BCUT2D eigenvalue weighted by Gasteiger charge is -2.12. The first kappa shape index (κ1) is 14.1. The van der Waals surface area contributed by atoms with Crippen molar-refractivity contribution in [2.45, 2.75) is 52.0 Å². The van der Waals surface area contributed by atoms with Crippen LogP contribution in [0.2, 0.25) is 0 Å². The zero-order valence-corrected chi connectivity index (χ0v) is 12.6. The molecule has 0 radical (unpaired) electrons. The van der Waals surface area contributed by atoms with Crippen molar-refractivity contribution >= 4 is 32.4 Å². The van der Waals surface area contributed by atoms with Gasteiger partial charge in [0.05, 0.1) is 10.2 Å². The summed E-state index contributed by atoms with van der Waals surface area (Å²) in [7, 11) is 0. The fourth-order valence-electron chi connectivity index (χ4n) is 2.16. The lowest BCUT2D eigenvalue weighted by Crippen LogP contribution is -2.14. The van der Waals surface area contributed by atoms with Crippen molar-refractivity contribution in [1.29, 1.82) is 0 Å². The number of hydrogen-bond donors (Lipinski definition) is 2. The minimum absolute atomic E-state index is 0.481. The molecule has 2 rings (SSSR count). The molecule has 0 aliphatic rings. The van der Waals surface area contributed by atoms with Gasteiger partial charge in [0, 0.05) is 11.7 Å². The first-order chi connectivity index (χ1) is 9.19. The number of benzene rings is 1. The SMILES string of the molecule is CCCCCCC(C)Nc1nc2ccc(N)cc2s1. The van der Waals surface area contributed by atoms with Gasteiger partial charge in [-0.3, -0.25) is 0 Å². The number of aromatic nitrogens is 1. The third-order valence-corrected chi connectivity index (χ3v) is 4.22. The average molecular weight is 277 g/mol. The standard InChI is InChI=1S/C15H23N3S/c1-3-4-5-6-7-11(2)17-15-18-13-9-8-12(16)10-14(13)19-15/h8-11H,3-7,16H2,1-2H3,(H,17,18). The molecule has 0 saturated heterocycles. The summed E-state index contributed by atoms with van der Waals surface area (Å²) in [5.74, 6) is 0. The highest BCUT2D eigenvalue weighted by Gasteiger charge is 2.07. The van der Waals surface area contributed by atoms with Crippen LogP contribution in [0.4, 0.5) is 10.8 Å². The summed E-state index contributed by atoms with van der Waals surface area (Å²) in [4.78, 5) is 4.59. The highest BCUT2D eigenvalue weighted by molar-refractivity contribution is 7.22. The summed E-state index contributed by atoms with van der Waals surface area (Å²) in [6.07, 6.45) is 6.46. The number of nitrogens with two attached hydrogens (primary N) is 1. The monoisotopic (exact) mass is 277 g/mol. The summed E-state index contributed by atoms with van der Waals surface area (Å²) in [5, 5.41) is 4.50. The zero-order chi connectivity index (χ0) is 13.7. The molecule has 0 bridgehead atoms. The van der Waals surface area contributed by atoms with Crippen molar-refractivity contribution in [3.63, 3.8) is 0 Å². The van der Waals surface area contributed by atoms with Crippen LogP contribution in [0.15, 0.2) is 18.2 Å². The molecular weight excluding hydrogens is 254 g/mol. The second-order valence-electron chi connectivity index (χ2n) is 5.14. The molecule has 0 fully saturated rings. The van der Waals surface area contributed by atoms with E-state index in [0.29, 0.717) is 6.04 Å². The van der Waals surface area contributed by atoms with Gasteiger partial charge in [-0.1, -0.05) is 43.9 Å². The largest absolute Gasteiger partial charge is 0.399 e. The number of unbranched alkanes of at least 4 members (excludes halogenated alkanes) is 3. The molecule has 104 valence electrons. The number of fused-ring (bicyclic) bond motifs is 1. The highest BCUT2D eigenvalue weighted by atomic mass is 32.1. The van der Waals surface area contributed by atoms with Gasteiger partial charge in [0.2, 0.25) is 0 Å². The van der Waals surface area contributed by atoms with E-state index in [4.69, 9.17) is 5.73 Å². The zero-order valence-electron chi connectivity index (χ0n) is 11.8. The van der Waals surface area contributed by atoms with Gasteiger partial charge < -0.3 is 11.1 Å². The van der Waals surface area contributed by atoms with Gasteiger partial charge in [-0.2, -0.15) is 0 Å². The minimum Gasteiger partial charge on any atom is -0.399 e. The van der Waals surface area contributed by atoms with Gasteiger partial charge >= 0.3 is 0 Å². The normalized spacial score (nSPS) is 12.7. The van der Waals surface area contributed by atoms with Crippen LogP contribution in [-0.2, 0) is 0 Å². The summed E-state index contributed by atoms with van der Waals surface area (Å²) in [5.41, 5.74) is 7.62. The molecule has 0 spiro atoms. The number of nitrogens with one attached hydrogen (secondary N) is 1. The van der Waals surface area contributed by atoms with Gasteiger partial charge in [-0.15, -0.1) is 0 Å². The van der Waals surface area contributed by atoms with Gasteiger partial charge in [0.25, 0.3) is 0 Å². The molecule has 4 heteroatoms. The second kappa shape index (κ2) is 6.75. The second-order valence-corrected chi connectivity index (χ2v) is 6.17. The first-order valence-corrected chi connectivity index (χ1v) is 7.93. The predicted molar refractivity (Wildman–Crippen MR) is 85.9 cm³/mol. The fraction of sp³-hybridized carbons (Fsp3) is 0.533. The summed E-state index contributed by atoms with van der Waals surface area (Å²) in [6.45, 7) is 4.47. The average Bonchev–Trinajstić information content (AvgIpc) is 2.76. The van der Waals surface area contributed by atoms with E-state index in [1.807, 2.05) is 18.2 Å². The van der Waals surface area contributed by atoms with E-state index in [0.717, 1.165) is 21.0 Å². The minimum atomic E-state index is 0.481. The van der Waals surface area contributed by atoms with Crippen molar-refractivity contribution < 1.29 is 0 Å². The van der Waals surface area contributed by atoms with Crippen LogP contribution in [0.25, 0.3) is 10.2 Å². The van der Waals surface area contributed by atoms with E-state index in [2.05, 4.69) is 24.1 Å². The third kappa shape index (κ3) is 4.10. The predicted octanol–water partition coefficient (Wildman–Crippen LogP) is 4.65. The van der Waals surface area contributed by atoms with Crippen LogP contribution in [-0.4, -0.2) is 11.0 Å². The number of rotatable bonds is 7. The topological polar surface area (TPSA) is 50.9 Å². The van der Waals surface area contributed by atoms with E-state index in [1.54, 1.807) is 11.3 Å². The number of anilines is 2. The van der Waals surface area contributed by atoms with Crippen molar-refractivity contribution in [1.82, 2.24) is 4.98 Å². The molecule has 0 aliphatic carbocycles. The van der Waals surface area contributed by atoms with E-state index in [-0.39, 0.29) is 0 Å². The maximum absolute atomic E-state index is 5.79. The van der Waals surface area contributed by atoms with Crippen LogP contribution < -0.4 is 11.1 Å². The van der Waals surface area contributed by atoms with E-state index in [1.165, 1.54) is 32.1 Å². The molecule has 0 aliphatic heterocycles. The number of thiazole rings is 1. The quantitative estimate of drug-likeness (QED) is 0.572. The van der Waals surface area contributed by atoms with E-state index >= 15 is 0 Å². The summed E-state index contributed by atoms with van der Waals surface area (Å²) >= 11 is 1.68. The fourth-order valence-corrected chi connectivity index (χ4v) is 3.19. The number of nitrogen functional groups attached to an aromatic ring is 1. The maximum Gasteiger partial charge on any atom is 0.183 e. The van der Waals surface area contributed by atoms with Crippen molar-refractivity contribution in [3.05, 3.63) is 18.2 Å². The Hall–Kier alpha value is -1.29. The molecule has 2 aromatic rings. The highest BCUT2D eigenvalue weighted by Crippen LogP contribution is 2.28. The Kier molecular flexibility index (Phi) is 5.02. The van der Waals surface area contributed by atoms with Crippen LogP contribution in [0.1, 0.15) is 46.0 Å². The van der Waals surface area contributed by atoms with Gasteiger partial charge in [-0.25, -0.2) is 4.98 Å².